The molecular formula is C51H62FN12O8S2+. The number of carboxylic acid groups (broad SMARTS) is 1. The molecule has 0 bridgehead atoms. The number of quaternary nitrogens is 1. The third kappa shape index (κ3) is 17.3. The third-order valence-electron chi connectivity index (χ3n) is 11.1. The first-order chi connectivity index (χ1) is 35.4. The Labute approximate surface area is 436 Å². The highest BCUT2D eigenvalue weighted by Crippen LogP contribution is 2.34. The molecule has 0 saturated carbocycles. The first-order valence-corrected chi connectivity index (χ1v) is 25.5. The van der Waals surface area contributed by atoms with Crippen LogP contribution in [0.3, 0.4) is 0 Å². The molecule has 3 heterocycles. The second-order valence-electron chi connectivity index (χ2n) is 18.1. The topological polar surface area (TPSA) is 268 Å². The Morgan fingerprint density at radius 1 is 0.946 bits per heavy atom. The van der Waals surface area contributed by atoms with E-state index in [0.717, 1.165) is 15.8 Å². The lowest BCUT2D eigenvalue weighted by atomic mass is 10.1. The van der Waals surface area contributed by atoms with E-state index < -0.39 is 36.1 Å². The molecule has 0 aliphatic rings. The van der Waals surface area contributed by atoms with E-state index in [-0.39, 0.29) is 43.5 Å². The van der Waals surface area contributed by atoms with Crippen molar-refractivity contribution in [1.82, 2.24) is 36.1 Å². The predicted octanol–water partition coefficient (Wildman–Crippen LogP) is 6.68. The van der Waals surface area contributed by atoms with Gasteiger partial charge in [0.05, 0.1) is 50.6 Å². The number of thiazole rings is 2. The van der Waals surface area contributed by atoms with Crippen molar-refractivity contribution in [3.8, 4) is 17.6 Å². The molecule has 2 atom stereocenters. The van der Waals surface area contributed by atoms with E-state index >= 15 is 4.39 Å². The van der Waals surface area contributed by atoms with Crippen molar-refractivity contribution in [2.45, 2.75) is 64.2 Å². The van der Waals surface area contributed by atoms with Gasteiger partial charge in [0.1, 0.15) is 19.3 Å². The van der Waals surface area contributed by atoms with Gasteiger partial charge in [-0.25, -0.2) is 28.7 Å². The highest BCUT2D eigenvalue weighted by molar-refractivity contribution is 7.22. The molecule has 9 N–H and O–H groups in total. The van der Waals surface area contributed by atoms with Crippen LogP contribution in [0.2, 0.25) is 0 Å². The number of aromatic carboxylic acids is 1. The van der Waals surface area contributed by atoms with Gasteiger partial charge >= 0.3 is 18.1 Å². The zero-order chi connectivity index (χ0) is 53.2. The maximum Gasteiger partial charge on any atom is 0.408 e. The van der Waals surface area contributed by atoms with Crippen molar-refractivity contribution in [2.75, 3.05) is 76.5 Å². The molecule has 0 saturated heterocycles. The van der Waals surface area contributed by atoms with Gasteiger partial charge in [-0.1, -0.05) is 47.4 Å². The minimum absolute atomic E-state index is 0.00148. The summed E-state index contributed by atoms with van der Waals surface area (Å²) in [5.41, 5.74) is 8.22. The minimum atomic E-state index is -1.19. The Kier molecular flexibility index (Phi) is 20.4. The van der Waals surface area contributed by atoms with Gasteiger partial charge in [0.15, 0.2) is 39.2 Å². The average molecular weight is 1050 g/mol. The maximum absolute atomic E-state index is 15.1. The fourth-order valence-electron chi connectivity index (χ4n) is 7.47. The van der Waals surface area contributed by atoms with E-state index in [9.17, 15) is 29.4 Å². The number of likely N-dealkylation sites (N-methyl/N-ethyl adjacent to an activating group) is 2. The van der Waals surface area contributed by atoms with Crippen LogP contribution in [0.15, 0.2) is 72.8 Å². The third-order valence-corrected chi connectivity index (χ3v) is 13.2. The van der Waals surface area contributed by atoms with E-state index in [4.69, 9.17) is 15.2 Å². The number of aliphatic hydroxyl groups excluding tert-OH is 1. The number of aromatic nitrogens is 4. The number of alkyl carbamates (subject to hydrolysis) is 1. The molecule has 3 aromatic carbocycles. The van der Waals surface area contributed by atoms with Crippen molar-refractivity contribution >= 4 is 84.5 Å². The quantitative estimate of drug-likeness (QED) is 0.0160. The number of fused-ring (bicyclic) bond motifs is 1. The molecule has 0 aliphatic carbocycles. The molecule has 0 spiro atoms. The Bertz CT molecular complexity index is 2900. The fraction of sp³-hybridized carbons (Fsp3) is 0.373. The van der Waals surface area contributed by atoms with Gasteiger partial charge in [-0.05, 0) is 112 Å². The minimum Gasteiger partial charge on any atom is -0.491 e. The normalized spacial score (nSPS) is 12.0. The largest absolute Gasteiger partial charge is 0.491 e. The first-order valence-electron chi connectivity index (χ1n) is 23.8. The van der Waals surface area contributed by atoms with Crippen molar-refractivity contribution in [3.63, 3.8) is 0 Å². The number of amides is 4. The zero-order valence-corrected chi connectivity index (χ0v) is 43.5. The summed E-state index contributed by atoms with van der Waals surface area (Å²) in [6.45, 7) is 3.19. The van der Waals surface area contributed by atoms with E-state index in [2.05, 4.69) is 58.6 Å². The van der Waals surface area contributed by atoms with Crippen LogP contribution >= 0.6 is 22.7 Å². The molecule has 0 radical (unpaired) electrons. The fourth-order valence-corrected chi connectivity index (χ4v) is 9.47. The Morgan fingerprint density at radius 3 is 2.43 bits per heavy atom. The number of nitrogens with one attached hydrogen (secondary N) is 5. The van der Waals surface area contributed by atoms with Crippen LogP contribution in [-0.4, -0.2) is 132 Å². The second-order valence-corrected chi connectivity index (χ2v) is 20.2. The lowest BCUT2D eigenvalue weighted by Crippen LogP contribution is -2.41. The number of nitrogens with zero attached hydrogens (tertiary/aromatic N) is 6. The van der Waals surface area contributed by atoms with Crippen molar-refractivity contribution in [2.24, 2.45) is 5.73 Å². The highest BCUT2D eigenvalue weighted by Gasteiger charge is 2.25. The number of benzene rings is 3. The van der Waals surface area contributed by atoms with E-state index in [1.165, 1.54) is 34.8 Å². The number of ether oxygens (including phenoxy) is 2. The summed E-state index contributed by atoms with van der Waals surface area (Å²) >= 11 is 2.72. The zero-order valence-electron chi connectivity index (χ0n) is 41.9. The predicted molar refractivity (Wildman–Crippen MR) is 284 cm³/mol. The number of primary amides is 1. The van der Waals surface area contributed by atoms with E-state index in [0.29, 0.717) is 99.8 Å². The molecule has 2 unspecified atom stereocenters. The summed E-state index contributed by atoms with van der Waals surface area (Å²) in [5, 5.41) is 45.2. The number of aliphatic hydroxyl groups is 1. The average Bonchev–Trinajstić information content (AvgIpc) is 3.98. The summed E-state index contributed by atoms with van der Waals surface area (Å²) in [6.07, 6.45) is 1.50. The number of carbonyl (C=O) groups excluding carboxylic acids is 3. The van der Waals surface area contributed by atoms with Gasteiger partial charge < -0.3 is 61.4 Å². The number of urea groups is 1. The van der Waals surface area contributed by atoms with Crippen LogP contribution in [0, 0.1) is 24.6 Å². The van der Waals surface area contributed by atoms with Crippen LogP contribution in [0.4, 0.5) is 41.6 Å². The van der Waals surface area contributed by atoms with Gasteiger partial charge in [-0.15, -0.1) is 21.5 Å². The number of aryl methyl sites for hydroxylation is 2. The van der Waals surface area contributed by atoms with Crippen molar-refractivity contribution in [3.05, 3.63) is 106 Å². The maximum atomic E-state index is 15.1. The van der Waals surface area contributed by atoms with Crippen LogP contribution in [0.1, 0.15) is 64.2 Å². The van der Waals surface area contributed by atoms with Crippen LogP contribution in [-0.2, 0) is 22.6 Å². The number of hydrogen-bond acceptors (Lipinski definition) is 16. The number of carbonyl (C=O) groups is 4. The van der Waals surface area contributed by atoms with Crippen LogP contribution < -0.4 is 42.0 Å². The standard InChI is InChI=1S/C51H61FN12O8S2/c1-32-28-43(61-62-45(32)60-49-58-38-14-6-7-16-41(38)73-49)63(26-10-13-36(65)30-64(3,4)5)50-59-44(47(67)68)42(74-50)17-11-27-71-40-23-20-33(29-37(40)52)12-8-25-56-51(70)72-31-34-18-21-35(22-19-34)57-46(66)39(54-2)15-9-24-55-48(53)69/h6-7,14,16,18-23,28-29,36,39,54,65H,9-11,13,15,17,24-27,30-31H2,1-5H3,(H6-,53,55,56,57,58,60,62,66,67,68,69,70)/p+1. The molecule has 6 rings (SSSR count). The molecule has 0 aliphatic heterocycles. The number of rotatable bonds is 26. The highest BCUT2D eigenvalue weighted by atomic mass is 32.1. The van der Waals surface area contributed by atoms with Crippen molar-refractivity contribution < 1.29 is 47.7 Å². The number of anilines is 5. The van der Waals surface area contributed by atoms with Gasteiger partial charge in [-0.3, -0.25) is 4.79 Å². The molecule has 23 heteroatoms. The van der Waals surface area contributed by atoms with E-state index in [1.807, 2.05) is 63.3 Å². The Balaban J connectivity index is 0.984. The SMILES string of the molecule is CNC(CCCNC(N)=O)C(=O)Nc1ccc(COC(=O)NCC#Cc2ccc(OCCCc3sc(N(CCCC(O)C[N+](C)(C)C)c4cc(C)c(Nc5nc6ccccc6s5)nn4)nc3C(=O)O)c(F)c2)cc1. The molecule has 4 amide bonds. The Hall–Kier alpha value is -7.49. The smallest absolute Gasteiger partial charge is 0.408 e. The molecule has 0 fully saturated rings. The Morgan fingerprint density at radius 2 is 1.73 bits per heavy atom. The number of carboxylic acids is 1. The van der Waals surface area contributed by atoms with Crippen LogP contribution in [0.5, 0.6) is 5.75 Å². The van der Waals surface area contributed by atoms with Gasteiger partial charge in [0.25, 0.3) is 0 Å². The monoisotopic (exact) mass is 1050 g/mol. The second kappa shape index (κ2) is 27.0. The van der Waals surface area contributed by atoms with Gasteiger partial charge in [0, 0.05) is 29.2 Å². The summed E-state index contributed by atoms with van der Waals surface area (Å²) in [4.78, 5) is 59.9. The number of para-hydroxylation sites is 1. The van der Waals surface area contributed by atoms with E-state index in [1.54, 1.807) is 37.4 Å². The summed E-state index contributed by atoms with van der Waals surface area (Å²) in [5.74, 6) is 4.49. The molecule has 20 nitrogen and oxygen atoms in total. The number of nitrogens with two attached hydrogens (primary N) is 1. The molecule has 392 valence electrons. The van der Waals surface area contributed by atoms with Crippen LogP contribution in [0.25, 0.3) is 10.2 Å². The molecular weight excluding hydrogens is 992 g/mol. The van der Waals surface area contributed by atoms with Crippen molar-refractivity contribution in [1.29, 1.82) is 0 Å². The molecule has 6 aromatic rings. The number of hydrogen-bond donors (Lipinski definition) is 8. The summed E-state index contributed by atoms with van der Waals surface area (Å²) < 4.78 is 27.8. The van der Waals surface area contributed by atoms with Gasteiger partial charge in [0.2, 0.25) is 5.91 Å². The molecule has 3 aromatic heterocycles. The first kappa shape index (κ1) is 55.8. The molecule has 74 heavy (non-hydrogen) atoms. The van der Waals surface area contributed by atoms with Gasteiger partial charge in [-0.2, -0.15) is 0 Å². The summed E-state index contributed by atoms with van der Waals surface area (Å²) in [7, 11) is 7.71. The number of halogens is 1. The lowest BCUT2D eigenvalue weighted by Gasteiger charge is -2.27. The lowest BCUT2D eigenvalue weighted by molar-refractivity contribution is -0.873. The summed E-state index contributed by atoms with van der Waals surface area (Å²) in [6, 6.07) is 19.7.